The lowest BCUT2D eigenvalue weighted by molar-refractivity contribution is -0.144. The zero-order chi connectivity index (χ0) is 36.2. The number of hydrogen-bond acceptors (Lipinski definition) is 3. The van der Waals surface area contributed by atoms with Crippen molar-refractivity contribution in [3.8, 4) is 0 Å². The van der Waals surface area contributed by atoms with Crippen molar-refractivity contribution in [3.63, 3.8) is 0 Å². The summed E-state index contributed by atoms with van der Waals surface area (Å²) in [6, 6.07) is 17.1. The molecule has 2 fully saturated rings. The third kappa shape index (κ3) is 6.42. The molecule has 3 aromatic carbocycles. The molecule has 1 unspecified atom stereocenters. The monoisotopic (exact) mass is 700 g/mol. The molecular formula is C37H38F6N4O3. The van der Waals surface area contributed by atoms with Gasteiger partial charge in [-0.25, -0.2) is 4.79 Å². The second-order valence-electron chi connectivity index (χ2n) is 14.1. The third-order valence-corrected chi connectivity index (χ3v) is 10.8. The molecule has 3 aromatic rings. The highest BCUT2D eigenvalue weighted by atomic mass is 19.4. The van der Waals surface area contributed by atoms with Crippen molar-refractivity contribution in [1.29, 1.82) is 0 Å². The molecule has 2 saturated heterocycles. The minimum Gasteiger partial charge on any atom is -0.351 e. The number of halogens is 6. The number of likely N-dealkylation sites (N-methyl/N-ethyl adjacent to an activating group) is 1. The first-order valence-corrected chi connectivity index (χ1v) is 16.5. The predicted octanol–water partition coefficient (Wildman–Crippen LogP) is 6.83. The highest BCUT2D eigenvalue weighted by molar-refractivity contribution is 5.97. The van der Waals surface area contributed by atoms with E-state index in [1.165, 1.54) is 25.8 Å². The van der Waals surface area contributed by atoms with Gasteiger partial charge in [-0.1, -0.05) is 48.5 Å². The van der Waals surface area contributed by atoms with E-state index in [2.05, 4.69) is 5.32 Å². The Morgan fingerprint density at radius 3 is 1.96 bits per heavy atom. The van der Waals surface area contributed by atoms with Crippen LogP contribution in [0.2, 0.25) is 0 Å². The van der Waals surface area contributed by atoms with Crippen LogP contribution in [0.5, 0.6) is 0 Å². The number of alkyl halides is 6. The summed E-state index contributed by atoms with van der Waals surface area (Å²) in [5, 5.41) is 2.99. The zero-order valence-electron chi connectivity index (χ0n) is 27.9. The van der Waals surface area contributed by atoms with Crippen LogP contribution in [0, 0.1) is 0 Å². The first-order chi connectivity index (χ1) is 23.4. The van der Waals surface area contributed by atoms with Gasteiger partial charge in [0.2, 0.25) is 5.91 Å². The molecule has 6 rings (SSSR count). The van der Waals surface area contributed by atoms with Gasteiger partial charge < -0.3 is 20.0 Å². The van der Waals surface area contributed by atoms with Crippen molar-refractivity contribution in [1.82, 2.24) is 20.0 Å². The van der Waals surface area contributed by atoms with Gasteiger partial charge in [0.05, 0.1) is 22.6 Å². The Balaban J connectivity index is 1.24. The average molecular weight is 701 g/mol. The summed E-state index contributed by atoms with van der Waals surface area (Å²) in [6.07, 6.45) is -8.85. The molecule has 2 atom stereocenters. The lowest BCUT2D eigenvalue weighted by Gasteiger charge is -2.45. The van der Waals surface area contributed by atoms with E-state index >= 15 is 0 Å². The van der Waals surface area contributed by atoms with Crippen LogP contribution in [0.3, 0.4) is 0 Å². The maximum Gasteiger partial charge on any atom is 0.416 e. The van der Waals surface area contributed by atoms with Crippen LogP contribution in [0.1, 0.15) is 70.8 Å². The van der Waals surface area contributed by atoms with Crippen LogP contribution < -0.4 is 5.32 Å². The van der Waals surface area contributed by atoms with E-state index in [9.17, 15) is 40.7 Å². The Morgan fingerprint density at radius 1 is 0.800 bits per heavy atom. The zero-order valence-corrected chi connectivity index (χ0v) is 27.9. The highest BCUT2D eigenvalue weighted by Gasteiger charge is 2.48. The van der Waals surface area contributed by atoms with Gasteiger partial charge in [0, 0.05) is 56.7 Å². The average Bonchev–Trinajstić information content (AvgIpc) is 3.54. The summed E-state index contributed by atoms with van der Waals surface area (Å²) < 4.78 is 82.2. The molecule has 3 aliphatic heterocycles. The molecule has 0 aromatic heterocycles. The molecule has 13 heteroatoms. The van der Waals surface area contributed by atoms with Crippen molar-refractivity contribution in [2.75, 3.05) is 39.8 Å². The molecule has 266 valence electrons. The van der Waals surface area contributed by atoms with E-state index in [0.29, 0.717) is 50.2 Å². The van der Waals surface area contributed by atoms with Gasteiger partial charge >= 0.3 is 18.4 Å². The van der Waals surface area contributed by atoms with Gasteiger partial charge in [-0.3, -0.25) is 9.59 Å². The van der Waals surface area contributed by atoms with Crippen LogP contribution in [0.15, 0.2) is 72.8 Å². The topological polar surface area (TPSA) is 73.0 Å². The maximum atomic E-state index is 14.1. The number of carbonyl (C=O) groups excluding carboxylic acids is 3. The first-order valence-electron chi connectivity index (χ1n) is 16.5. The van der Waals surface area contributed by atoms with Crippen molar-refractivity contribution in [2.24, 2.45) is 0 Å². The van der Waals surface area contributed by atoms with Gasteiger partial charge in [0.25, 0.3) is 5.91 Å². The van der Waals surface area contributed by atoms with Crippen LogP contribution in [-0.4, -0.2) is 78.4 Å². The quantitative estimate of drug-likeness (QED) is 0.304. The summed E-state index contributed by atoms with van der Waals surface area (Å²) in [5.41, 5.74) is -3.01. The number of fused-ring (bicyclic) bond motifs is 2. The molecule has 0 radical (unpaired) electrons. The first kappa shape index (κ1) is 35.3. The number of rotatable bonds is 4. The lowest BCUT2D eigenvalue weighted by Crippen LogP contribution is -2.55. The Morgan fingerprint density at radius 2 is 1.36 bits per heavy atom. The second kappa shape index (κ2) is 12.6. The molecule has 50 heavy (non-hydrogen) atoms. The van der Waals surface area contributed by atoms with Crippen LogP contribution in [0.25, 0.3) is 0 Å². The molecule has 1 N–H and O–H groups in total. The number of urea groups is 1. The Kier molecular flexibility index (Phi) is 8.93. The molecule has 3 aliphatic rings. The second-order valence-corrected chi connectivity index (χ2v) is 14.1. The number of amides is 4. The number of nitrogens with one attached hydrogen (secondary N) is 1. The molecule has 0 bridgehead atoms. The number of nitrogens with zero attached hydrogens (tertiary/aromatic N) is 3. The van der Waals surface area contributed by atoms with Crippen molar-refractivity contribution in [2.45, 2.75) is 61.8 Å². The molecule has 7 nitrogen and oxygen atoms in total. The number of piperidine rings is 1. The molecular weight excluding hydrogens is 662 g/mol. The predicted molar refractivity (Wildman–Crippen MR) is 173 cm³/mol. The van der Waals surface area contributed by atoms with Crippen molar-refractivity contribution < 1.29 is 40.7 Å². The summed E-state index contributed by atoms with van der Waals surface area (Å²) >= 11 is 0. The van der Waals surface area contributed by atoms with E-state index in [4.69, 9.17) is 0 Å². The van der Waals surface area contributed by atoms with Crippen molar-refractivity contribution in [3.05, 3.63) is 106 Å². The summed E-state index contributed by atoms with van der Waals surface area (Å²) in [4.78, 5) is 45.5. The van der Waals surface area contributed by atoms with E-state index in [0.717, 1.165) is 11.1 Å². The molecule has 0 aliphatic carbocycles. The van der Waals surface area contributed by atoms with Gasteiger partial charge in [-0.2, -0.15) is 26.3 Å². The van der Waals surface area contributed by atoms with Crippen LogP contribution >= 0.6 is 0 Å². The SMILES string of the molecule is CN(C(=O)C(C)(C)c1cc(C(F)(F)F)cc(C(F)(F)F)c1)[C@@H]1CN(C(=O)N2CCC3(CC2)CNC(=O)c2ccccc23)CC1c1ccccc1. The third-order valence-electron chi connectivity index (χ3n) is 10.8. The lowest BCUT2D eigenvalue weighted by atomic mass is 9.69. The fourth-order valence-corrected chi connectivity index (χ4v) is 7.75. The highest BCUT2D eigenvalue weighted by Crippen LogP contribution is 2.42. The number of likely N-dealkylation sites (tertiary alicyclic amines) is 2. The van der Waals surface area contributed by atoms with E-state index in [1.807, 2.05) is 48.5 Å². The normalized spacial score (nSPS) is 20.8. The maximum absolute atomic E-state index is 14.1. The fraction of sp³-hybridized carbons (Fsp3) is 0.432. The van der Waals surface area contributed by atoms with Gasteiger partial charge in [-0.05, 0) is 67.6 Å². The molecule has 3 heterocycles. The molecule has 4 amide bonds. The summed E-state index contributed by atoms with van der Waals surface area (Å²) in [6.45, 7) is 4.37. The van der Waals surface area contributed by atoms with E-state index in [-0.39, 0.29) is 42.4 Å². The number of benzene rings is 3. The standard InChI is InChI=1S/C37H38F6N4O3/c1-34(2,24-17-25(36(38,39)40)19-26(18-24)37(41,42)43)32(49)45(3)30-21-47(20-28(30)23-9-5-4-6-10-23)33(50)46-15-13-35(14-16-46)22-44-31(48)27-11-7-8-12-29(27)35/h4-12,17-19,28,30H,13-16,20-22H2,1-3H3,(H,44,48)/t28?,30-/m1/s1. The van der Waals surface area contributed by atoms with E-state index in [1.54, 1.807) is 15.9 Å². The van der Waals surface area contributed by atoms with Crippen LogP contribution in [0.4, 0.5) is 31.1 Å². The molecule has 0 saturated carbocycles. The Labute approximate surface area is 286 Å². The Hall–Kier alpha value is -4.55. The minimum atomic E-state index is -5.06. The Bertz CT molecular complexity index is 1750. The van der Waals surface area contributed by atoms with Crippen molar-refractivity contribution >= 4 is 17.8 Å². The summed E-state index contributed by atoms with van der Waals surface area (Å²) in [5.74, 6) is -1.16. The van der Waals surface area contributed by atoms with Crippen LogP contribution in [-0.2, 0) is 28.0 Å². The largest absolute Gasteiger partial charge is 0.416 e. The smallest absolute Gasteiger partial charge is 0.351 e. The van der Waals surface area contributed by atoms with E-state index < -0.39 is 46.4 Å². The van der Waals surface area contributed by atoms with Gasteiger partial charge in [0.1, 0.15) is 0 Å². The summed E-state index contributed by atoms with van der Waals surface area (Å²) in [7, 11) is 1.48. The van der Waals surface area contributed by atoms with Gasteiger partial charge in [0.15, 0.2) is 0 Å². The fourth-order valence-electron chi connectivity index (χ4n) is 7.75. The number of hydrogen-bond donors (Lipinski definition) is 1. The molecule has 1 spiro atoms. The minimum absolute atomic E-state index is 0.0468. The number of carbonyl (C=O) groups is 3. The van der Waals surface area contributed by atoms with Gasteiger partial charge in [-0.15, -0.1) is 0 Å².